The molecular weight excluding hydrogens is 348 g/mol. The van der Waals surface area contributed by atoms with E-state index in [-0.39, 0.29) is 18.0 Å². The smallest absolute Gasteiger partial charge is 0.223 e. The highest BCUT2D eigenvalue weighted by atomic mass is 16.3. The van der Waals surface area contributed by atoms with Crippen LogP contribution in [-0.2, 0) is 4.79 Å². The summed E-state index contributed by atoms with van der Waals surface area (Å²) < 4.78 is 0. The summed E-state index contributed by atoms with van der Waals surface area (Å²) in [5.41, 5.74) is 3.48. The summed E-state index contributed by atoms with van der Waals surface area (Å²) in [6, 6.07) is 7.11. The highest BCUT2D eigenvalue weighted by Crippen LogP contribution is 2.52. The highest BCUT2D eigenvalue weighted by Gasteiger charge is 2.54. The van der Waals surface area contributed by atoms with E-state index in [4.69, 9.17) is 0 Å². The Kier molecular flexibility index (Phi) is 3.57. The predicted molar refractivity (Wildman–Crippen MR) is 109 cm³/mol. The van der Waals surface area contributed by atoms with E-state index in [0.717, 1.165) is 32.1 Å². The van der Waals surface area contributed by atoms with Crippen molar-refractivity contribution in [3.63, 3.8) is 0 Å². The number of carbonyl (C=O) groups excluding carboxylic acids is 1. The average Bonchev–Trinajstić information content (AvgIpc) is 3.37. The average molecular weight is 379 g/mol. The lowest BCUT2D eigenvalue weighted by Crippen LogP contribution is -2.65. The van der Waals surface area contributed by atoms with Gasteiger partial charge in [0.25, 0.3) is 0 Å². The molecule has 3 saturated carbocycles. The first kappa shape index (κ1) is 17.1. The predicted octanol–water partition coefficient (Wildman–Crippen LogP) is 4.44. The number of fused-ring (bicyclic) bond motifs is 1. The summed E-state index contributed by atoms with van der Waals surface area (Å²) in [5.74, 6) is 1.83. The molecule has 0 radical (unpaired) electrons. The molecule has 2 N–H and O–H groups in total. The van der Waals surface area contributed by atoms with E-state index in [1.807, 2.05) is 0 Å². The molecule has 7 rings (SSSR count). The van der Waals surface area contributed by atoms with Gasteiger partial charge in [-0.15, -0.1) is 0 Å². The van der Waals surface area contributed by atoms with Crippen molar-refractivity contribution in [2.75, 3.05) is 0 Å². The summed E-state index contributed by atoms with van der Waals surface area (Å²) in [5, 5.41) is 12.2. The summed E-state index contributed by atoms with van der Waals surface area (Å²) in [6.45, 7) is 2.20. The number of amides is 1. The van der Waals surface area contributed by atoms with Crippen LogP contribution in [-0.4, -0.2) is 38.6 Å². The molecule has 0 spiro atoms. The molecule has 3 atom stereocenters. The molecule has 4 bridgehead atoms. The number of nitrogens with one attached hydrogen (secondary N) is 1. The summed E-state index contributed by atoms with van der Waals surface area (Å²) in [7, 11) is 0. The Morgan fingerprint density at radius 3 is 2.68 bits per heavy atom. The molecule has 5 fully saturated rings. The van der Waals surface area contributed by atoms with Gasteiger partial charge in [0.15, 0.2) is 0 Å². The van der Waals surface area contributed by atoms with Crippen molar-refractivity contribution in [1.82, 2.24) is 9.88 Å². The van der Waals surface area contributed by atoms with Crippen LogP contribution in [0.25, 0.3) is 10.9 Å². The SMILES string of the molecule is CC(CC(=O)N1C2CC3CC1CC(O)(C3)C2)c1c[nH]c2cccc(C3CC3)c12. The number of aliphatic hydroxyl groups is 1. The Bertz CT molecular complexity index is 927. The number of rotatable bonds is 4. The number of hydrogen-bond donors (Lipinski definition) is 2. The van der Waals surface area contributed by atoms with E-state index in [1.54, 1.807) is 0 Å². The van der Waals surface area contributed by atoms with Crippen molar-refractivity contribution in [2.45, 2.75) is 87.8 Å². The van der Waals surface area contributed by atoms with E-state index in [2.05, 4.69) is 41.2 Å². The van der Waals surface area contributed by atoms with Gasteiger partial charge in [-0.2, -0.15) is 0 Å². The summed E-state index contributed by atoms with van der Waals surface area (Å²) in [6.07, 6.45) is 10.0. The van der Waals surface area contributed by atoms with E-state index < -0.39 is 5.60 Å². The van der Waals surface area contributed by atoms with Crippen molar-refractivity contribution < 1.29 is 9.90 Å². The largest absolute Gasteiger partial charge is 0.390 e. The molecule has 5 aliphatic rings. The van der Waals surface area contributed by atoms with Crippen molar-refractivity contribution in [3.8, 4) is 0 Å². The number of aromatic amines is 1. The monoisotopic (exact) mass is 378 g/mol. The molecule has 3 heterocycles. The standard InChI is InChI=1S/C24H30N2O2/c1-14(20-13-25-21-4-2-3-19(23(20)21)16-5-6-16)7-22(27)26-17-8-15-9-18(26)12-24(28,10-15)11-17/h2-4,13-18,25,28H,5-12H2,1H3. The lowest BCUT2D eigenvalue weighted by molar-refractivity contribution is -0.174. The minimum atomic E-state index is -0.491. The molecule has 2 saturated heterocycles. The summed E-state index contributed by atoms with van der Waals surface area (Å²) >= 11 is 0. The van der Waals surface area contributed by atoms with Crippen LogP contribution in [0, 0.1) is 5.92 Å². The quantitative estimate of drug-likeness (QED) is 0.826. The molecule has 1 aromatic carbocycles. The molecule has 1 amide bonds. The number of hydrogen-bond acceptors (Lipinski definition) is 2. The molecule has 2 aliphatic heterocycles. The number of nitrogens with zero attached hydrogens (tertiary/aromatic N) is 1. The third-order valence-electron chi connectivity index (χ3n) is 7.98. The van der Waals surface area contributed by atoms with E-state index in [9.17, 15) is 9.90 Å². The second kappa shape index (κ2) is 5.85. The van der Waals surface area contributed by atoms with E-state index >= 15 is 0 Å². The number of aromatic nitrogens is 1. The van der Waals surface area contributed by atoms with Crippen LogP contribution in [0.2, 0.25) is 0 Å². The number of carbonyl (C=O) groups is 1. The molecule has 4 heteroatoms. The van der Waals surface area contributed by atoms with Gasteiger partial charge in [0.1, 0.15) is 0 Å². The zero-order valence-electron chi connectivity index (χ0n) is 16.7. The van der Waals surface area contributed by atoms with Crippen LogP contribution in [0.15, 0.2) is 24.4 Å². The third kappa shape index (κ3) is 2.57. The summed E-state index contributed by atoms with van der Waals surface area (Å²) in [4.78, 5) is 19.0. The van der Waals surface area contributed by atoms with Gasteiger partial charge in [-0.05, 0) is 79.9 Å². The van der Waals surface area contributed by atoms with Crippen LogP contribution in [0.1, 0.15) is 81.3 Å². The lowest BCUT2D eigenvalue weighted by atomic mass is 9.61. The van der Waals surface area contributed by atoms with E-state index in [1.165, 1.54) is 34.9 Å². The Balaban J connectivity index is 1.25. The Labute approximate surface area is 166 Å². The van der Waals surface area contributed by atoms with Crippen molar-refractivity contribution in [2.24, 2.45) is 5.92 Å². The van der Waals surface area contributed by atoms with Crippen LogP contribution >= 0.6 is 0 Å². The number of piperidine rings is 2. The second-order valence-electron chi connectivity index (χ2n) is 10.2. The van der Waals surface area contributed by atoms with Crippen LogP contribution in [0.5, 0.6) is 0 Å². The molecular formula is C24H30N2O2. The minimum Gasteiger partial charge on any atom is -0.390 e. The molecule has 1 aromatic heterocycles. The van der Waals surface area contributed by atoms with Crippen LogP contribution < -0.4 is 0 Å². The van der Waals surface area contributed by atoms with Gasteiger partial charge >= 0.3 is 0 Å². The maximum absolute atomic E-state index is 13.3. The van der Waals surface area contributed by atoms with Crippen LogP contribution in [0.4, 0.5) is 0 Å². The fourth-order valence-corrected chi connectivity index (χ4v) is 6.83. The maximum atomic E-state index is 13.3. The van der Waals surface area contributed by atoms with E-state index in [0.29, 0.717) is 24.2 Å². The molecule has 148 valence electrons. The Hall–Kier alpha value is -1.81. The normalized spacial score (nSPS) is 34.9. The number of benzene rings is 1. The topological polar surface area (TPSA) is 56.3 Å². The van der Waals surface area contributed by atoms with Crippen LogP contribution in [0.3, 0.4) is 0 Å². The van der Waals surface area contributed by atoms with Crippen molar-refractivity contribution in [1.29, 1.82) is 0 Å². The fourth-order valence-electron chi connectivity index (χ4n) is 6.83. The van der Waals surface area contributed by atoms with Gasteiger partial charge < -0.3 is 15.0 Å². The Morgan fingerprint density at radius 2 is 2.00 bits per heavy atom. The number of H-pyrrole nitrogens is 1. The fraction of sp³-hybridized carbons (Fsp3) is 0.625. The van der Waals surface area contributed by atoms with Gasteiger partial charge in [0.2, 0.25) is 5.91 Å². The van der Waals surface area contributed by atoms with Crippen molar-refractivity contribution >= 4 is 16.8 Å². The zero-order chi connectivity index (χ0) is 19.0. The van der Waals surface area contributed by atoms with Gasteiger partial charge in [-0.25, -0.2) is 0 Å². The van der Waals surface area contributed by atoms with Gasteiger partial charge in [0.05, 0.1) is 5.60 Å². The molecule has 4 nitrogen and oxygen atoms in total. The highest BCUT2D eigenvalue weighted by molar-refractivity contribution is 5.89. The lowest BCUT2D eigenvalue weighted by Gasteiger charge is -2.59. The zero-order valence-corrected chi connectivity index (χ0v) is 16.7. The molecule has 3 unspecified atom stereocenters. The Morgan fingerprint density at radius 1 is 1.25 bits per heavy atom. The maximum Gasteiger partial charge on any atom is 0.223 e. The third-order valence-corrected chi connectivity index (χ3v) is 7.98. The minimum absolute atomic E-state index is 0.210. The molecule has 2 aromatic rings. The first-order chi connectivity index (χ1) is 13.5. The second-order valence-corrected chi connectivity index (χ2v) is 10.2. The molecule has 3 aliphatic carbocycles. The van der Waals surface area contributed by atoms with Gasteiger partial charge in [-0.3, -0.25) is 4.79 Å². The van der Waals surface area contributed by atoms with Gasteiger partial charge in [0, 0.05) is 35.6 Å². The first-order valence-corrected chi connectivity index (χ1v) is 11.1. The van der Waals surface area contributed by atoms with Gasteiger partial charge in [-0.1, -0.05) is 19.1 Å². The first-order valence-electron chi connectivity index (χ1n) is 11.1. The molecule has 28 heavy (non-hydrogen) atoms. The van der Waals surface area contributed by atoms with Crippen molar-refractivity contribution in [3.05, 3.63) is 35.5 Å².